The minimum Gasteiger partial charge on any atom is -0.449 e. The predicted molar refractivity (Wildman–Crippen MR) is 86.4 cm³/mol. The van der Waals surface area contributed by atoms with Crippen molar-refractivity contribution in [2.75, 3.05) is 5.32 Å². The number of benzene rings is 2. The van der Waals surface area contributed by atoms with Gasteiger partial charge in [0.25, 0.3) is 5.91 Å². The number of hydrogen-bond donors (Lipinski definition) is 1. The second-order valence-corrected chi connectivity index (χ2v) is 5.15. The lowest BCUT2D eigenvalue weighted by atomic mass is 10.1. The zero-order valence-corrected chi connectivity index (χ0v) is 13.2. The minimum atomic E-state index is -1.13. The fourth-order valence-corrected chi connectivity index (χ4v) is 1.96. The molecule has 2 rings (SSSR count). The number of ether oxygens (including phenoxy) is 1. The molecule has 0 saturated heterocycles. The van der Waals surface area contributed by atoms with Crippen molar-refractivity contribution in [3.05, 3.63) is 65.5 Å². The summed E-state index contributed by atoms with van der Waals surface area (Å²) in [5.74, 6) is -2.36. The van der Waals surface area contributed by atoms with Gasteiger partial charge in [0.1, 0.15) is 5.82 Å². The molecule has 1 N–H and O–H groups in total. The molecule has 0 aliphatic carbocycles. The molecule has 0 radical (unpaired) electrons. The number of halogens is 1. The van der Waals surface area contributed by atoms with E-state index in [1.54, 1.807) is 18.2 Å². The Bertz CT molecular complexity index is 788. The molecular weight excluding hydrogens is 313 g/mol. The van der Waals surface area contributed by atoms with Crippen LogP contribution in [0.4, 0.5) is 10.1 Å². The molecule has 24 heavy (non-hydrogen) atoms. The summed E-state index contributed by atoms with van der Waals surface area (Å²) in [4.78, 5) is 35.3. The number of nitrogens with one attached hydrogen (secondary N) is 1. The zero-order valence-electron chi connectivity index (χ0n) is 13.2. The van der Waals surface area contributed by atoms with E-state index < -0.39 is 23.8 Å². The van der Waals surface area contributed by atoms with Crippen LogP contribution in [-0.4, -0.2) is 23.8 Å². The fraction of sp³-hybridized carbons (Fsp3) is 0.167. The van der Waals surface area contributed by atoms with E-state index in [1.807, 2.05) is 0 Å². The summed E-state index contributed by atoms with van der Waals surface area (Å²) in [5.41, 5.74) is 0.612. The lowest BCUT2D eigenvalue weighted by molar-refractivity contribution is -0.123. The highest BCUT2D eigenvalue weighted by Gasteiger charge is 2.21. The summed E-state index contributed by atoms with van der Waals surface area (Å²) >= 11 is 0. The molecule has 0 spiro atoms. The maximum atomic E-state index is 13.5. The molecule has 0 unspecified atom stereocenters. The lowest BCUT2D eigenvalue weighted by Crippen LogP contribution is -2.30. The third kappa shape index (κ3) is 4.25. The van der Waals surface area contributed by atoms with E-state index in [9.17, 15) is 18.8 Å². The second kappa shape index (κ2) is 7.50. The summed E-state index contributed by atoms with van der Waals surface area (Å²) in [7, 11) is 0. The van der Waals surface area contributed by atoms with E-state index in [4.69, 9.17) is 4.74 Å². The molecule has 0 aliphatic rings. The number of carbonyl (C=O) groups excluding carboxylic acids is 3. The van der Waals surface area contributed by atoms with E-state index in [2.05, 4.69) is 5.32 Å². The highest BCUT2D eigenvalue weighted by atomic mass is 19.1. The summed E-state index contributed by atoms with van der Waals surface area (Å²) in [6.45, 7) is 2.79. The van der Waals surface area contributed by atoms with E-state index in [0.717, 1.165) is 6.07 Å². The van der Waals surface area contributed by atoms with Crippen molar-refractivity contribution in [2.45, 2.75) is 20.0 Å². The van der Waals surface area contributed by atoms with Crippen molar-refractivity contribution in [2.24, 2.45) is 0 Å². The van der Waals surface area contributed by atoms with Gasteiger partial charge in [0.05, 0.1) is 5.56 Å². The molecule has 0 aromatic heterocycles. The van der Waals surface area contributed by atoms with Crippen LogP contribution in [0.1, 0.15) is 34.6 Å². The Hall–Kier alpha value is -3.02. The monoisotopic (exact) mass is 329 g/mol. The van der Waals surface area contributed by atoms with Gasteiger partial charge in [0.15, 0.2) is 11.9 Å². The van der Waals surface area contributed by atoms with Gasteiger partial charge in [-0.15, -0.1) is 0 Å². The number of anilines is 1. The van der Waals surface area contributed by atoms with Gasteiger partial charge >= 0.3 is 5.97 Å². The maximum absolute atomic E-state index is 13.5. The zero-order chi connectivity index (χ0) is 17.7. The topological polar surface area (TPSA) is 72.5 Å². The van der Waals surface area contributed by atoms with Gasteiger partial charge in [0, 0.05) is 11.3 Å². The molecule has 0 heterocycles. The number of amides is 1. The van der Waals surface area contributed by atoms with Gasteiger partial charge in [-0.3, -0.25) is 9.59 Å². The van der Waals surface area contributed by atoms with Crippen molar-refractivity contribution in [1.29, 1.82) is 0 Å². The normalized spacial score (nSPS) is 11.5. The van der Waals surface area contributed by atoms with Gasteiger partial charge in [-0.05, 0) is 38.1 Å². The Morgan fingerprint density at radius 2 is 1.79 bits per heavy atom. The van der Waals surface area contributed by atoms with Crippen molar-refractivity contribution >= 4 is 23.3 Å². The third-order valence-electron chi connectivity index (χ3n) is 3.28. The average molecular weight is 329 g/mol. The Kier molecular flexibility index (Phi) is 5.42. The number of hydrogen-bond acceptors (Lipinski definition) is 4. The third-order valence-corrected chi connectivity index (χ3v) is 3.28. The molecule has 0 bridgehead atoms. The Morgan fingerprint density at radius 3 is 2.46 bits per heavy atom. The highest BCUT2D eigenvalue weighted by molar-refractivity contribution is 5.99. The summed E-state index contributed by atoms with van der Waals surface area (Å²) in [6.07, 6.45) is -1.13. The predicted octanol–water partition coefficient (Wildman–Crippen LogP) is 3.21. The van der Waals surface area contributed by atoms with E-state index in [0.29, 0.717) is 11.3 Å². The number of ketones is 1. The molecule has 5 nitrogen and oxygen atoms in total. The Labute approximate surface area is 138 Å². The number of Topliss-reactive ketones (excluding diaryl/α,β-unsaturated/α-hetero) is 1. The first-order valence-corrected chi connectivity index (χ1v) is 7.26. The Morgan fingerprint density at radius 1 is 1.08 bits per heavy atom. The molecule has 0 fully saturated rings. The van der Waals surface area contributed by atoms with Crippen LogP contribution in [-0.2, 0) is 9.53 Å². The quantitative estimate of drug-likeness (QED) is 0.675. The highest BCUT2D eigenvalue weighted by Crippen LogP contribution is 2.13. The molecule has 2 aromatic rings. The van der Waals surface area contributed by atoms with Gasteiger partial charge in [-0.25, -0.2) is 9.18 Å². The first-order chi connectivity index (χ1) is 11.4. The largest absolute Gasteiger partial charge is 0.449 e. The van der Waals surface area contributed by atoms with Crippen LogP contribution in [0.15, 0.2) is 48.5 Å². The smallest absolute Gasteiger partial charge is 0.341 e. The molecule has 0 aliphatic heterocycles. The van der Waals surface area contributed by atoms with Crippen LogP contribution in [0, 0.1) is 5.82 Å². The molecule has 1 amide bonds. The standard InChI is InChI=1S/C18H16FNO4/c1-11(21)13-6-5-7-14(10-13)20-17(22)12(2)24-18(23)15-8-3-4-9-16(15)19/h3-10,12H,1-2H3,(H,20,22)/t12-/m0/s1. The van der Waals surface area contributed by atoms with E-state index >= 15 is 0 Å². The molecule has 124 valence electrons. The first-order valence-electron chi connectivity index (χ1n) is 7.26. The second-order valence-electron chi connectivity index (χ2n) is 5.15. The van der Waals surface area contributed by atoms with Crippen molar-refractivity contribution in [1.82, 2.24) is 0 Å². The van der Waals surface area contributed by atoms with Crippen molar-refractivity contribution in [3.63, 3.8) is 0 Å². The van der Waals surface area contributed by atoms with Gasteiger partial charge < -0.3 is 10.1 Å². The van der Waals surface area contributed by atoms with Crippen LogP contribution in [0.3, 0.4) is 0 Å². The van der Waals surface area contributed by atoms with Gasteiger partial charge in [-0.2, -0.15) is 0 Å². The first kappa shape index (κ1) is 17.3. The number of carbonyl (C=O) groups is 3. The van der Waals surface area contributed by atoms with E-state index in [-0.39, 0.29) is 11.3 Å². The minimum absolute atomic E-state index is 0.134. The van der Waals surface area contributed by atoms with Gasteiger partial charge in [-0.1, -0.05) is 24.3 Å². The Balaban J connectivity index is 2.02. The van der Waals surface area contributed by atoms with Crippen LogP contribution in [0.5, 0.6) is 0 Å². The fourth-order valence-electron chi connectivity index (χ4n) is 1.96. The SMILES string of the molecule is CC(=O)c1cccc(NC(=O)[C@H](C)OC(=O)c2ccccc2F)c1. The molecule has 0 saturated carbocycles. The summed E-state index contributed by atoms with van der Waals surface area (Å²) in [5, 5.41) is 2.55. The summed E-state index contributed by atoms with van der Waals surface area (Å²) in [6, 6.07) is 11.7. The van der Waals surface area contributed by atoms with Crippen LogP contribution < -0.4 is 5.32 Å². The van der Waals surface area contributed by atoms with E-state index in [1.165, 1.54) is 38.1 Å². The van der Waals surface area contributed by atoms with Gasteiger partial charge in [0.2, 0.25) is 0 Å². The maximum Gasteiger partial charge on any atom is 0.341 e. The van der Waals surface area contributed by atoms with Crippen LogP contribution in [0.2, 0.25) is 0 Å². The van der Waals surface area contributed by atoms with Crippen molar-refractivity contribution < 1.29 is 23.5 Å². The van der Waals surface area contributed by atoms with Crippen LogP contribution in [0.25, 0.3) is 0 Å². The van der Waals surface area contributed by atoms with Crippen molar-refractivity contribution in [3.8, 4) is 0 Å². The summed E-state index contributed by atoms with van der Waals surface area (Å²) < 4.78 is 18.5. The number of esters is 1. The number of rotatable bonds is 5. The molecule has 1 atom stereocenters. The molecule has 2 aromatic carbocycles. The van der Waals surface area contributed by atoms with Crippen LogP contribution >= 0.6 is 0 Å². The molecular formula is C18H16FNO4. The average Bonchev–Trinajstić information content (AvgIpc) is 2.55. The lowest BCUT2D eigenvalue weighted by Gasteiger charge is -2.14. The molecule has 6 heteroatoms.